The van der Waals surface area contributed by atoms with E-state index in [-0.39, 0.29) is 22.7 Å². The number of hydrogen-bond donors (Lipinski definition) is 0. The van der Waals surface area contributed by atoms with Crippen molar-refractivity contribution in [2.24, 2.45) is 0 Å². The van der Waals surface area contributed by atoms with Crippen molar-refractivity contribution < 1.29 is 18.1 Å². The summed E-state index contributed by atoms with van der Waals surface area (Å²) >= 11 is 0. The molecule has 0 aliphatic carbocycles. The van der Waals surface area contributed by atoms with Gasteiger partial charge in [0.05, 0.1) is 11.8 Å². The van der Waals surface area contributed by atoms with E-state index in [9.17, 15) is 13.6 Å². The summed E-state index contributed by atoms with van der Waals surface area (Å²) in [6.07, 6.45) is 1.25. The summed E-state index contributed by atoms with van der Waals surface area (Å²) < 4.78 is 30.5. The molecule has 82 valence electrons. The second kappa shape index (κ2) is 3.84. The Kier molecular flexibility index (Phi) is 2.52. The highest BCUT2D eigenvalue weighted by Crippen LogP contribution is 2.25. The maximum Gasteiger partial charge on any atom is 0.177 e. The van der Waals surface area contributed by atoms with Gasteiger partial charge in [-0.1, -0.05) is 5.16 Å². The van der Waals surface area contributed by atoms with Crippen molar-refractivity contribution in [1.82, 2.24) is 5.16 Å². The largest absolute Gasteiger partial charge is 0.356 e. The van der Waals surface area contributed by atoms with Crippen LogP contribution in [0.15, 0.2) is 28.9 Å². The molecule has 1 aromatic heterocycles. The molecule has 0 aliphatic heterocycles. The number of carbonyl (C=O) groups is 1. The zero-order chi connectivity index (χ0) is 11.7. The Morgan fingerprint density at radius 3 is 2.69 bits per heavy atom. The lowest BCUT2D eigenvalue weighted by molar-refractivity contribution is 0.101. The van der Waals surface area contributed by atoms with Crippen molar-refractivity contribution in [1.29, 1.82) is 0 Å². The van der Waals surface area contributed by atoms with Gasteiger partial charge in [-0.3, -0.25) is 4.79 Å². The first kappa shape index (κ1) is 10.5. The Morgan fingerprint density at radius 2 is 2.06 bits per heavy atom. The molecule has 1 heterocycles. The molecule has 0 bridgehead atoms. The SMILES string of the molecule is CC(=O)c1cnoc1-c1ccc(F)c(F)c1. The number of ketones is 1. The summed E-state index contributed by atoms with van der Waals surface area (Å²) in [5.74, 6) is -2.05. The van der Waals surface area contributed by atoms with E-state index < -0.39 is 11.6 Å². The Hall–Kier alpha value is -2.04. The third-order valence-corrected chi connectivity index (χ3v) is 2.13. The van der Waals surface area contributed by atoms with Gasteiger partial charge in [0.15, 0.2) is 23.2 Å². The van der Waals surface area contributed by atoms with E-state index in [2.05, 4.69) is 5.16 Å². The van der Waals surface area contributed by atoms with Crippen LogP contribution >= 0.6 is 0 Å². The quantitative estimate of drug-likeness (QED) is 0.735. The third kappa shape index (κ3) is 1.71. The van der Waals surface area contributed by atoms with Gasteiger partial charge in [-0.05, 0) is 25.1 Å². The van der Waals surface area contributed by atoms with Crippen molar-refractivity contribution >= 4 is 5.78 Å². The lowest BCUT2D eigenvalue weighted by atomic mass is 10.1. The number of benzene rings is 1. The molecule has 2 aromatic rings. The maximum atomic E-state index is 13.0. The molecule has 0 radical (unpaired) electrons. The van der Waals surface area contributed by atoms with E-state index in [1.54, 1.807) is 0 Å². The first-order valence-corrected chi connectivity index (χ1v) is 4.50. The van der Waals surface area contributed by atoms with Gasteiger partial charge in [-0.25, -0.2) is 8.78 Å². The number of Topliss-reactive ketones (excluding diaryl/α,β-unsaturated/α-hetero) is 1. The van der Waals surface area contributed by atoms with Gasteiger partial charge in [-0.15, -0.1) is 0 Å². The van der Waals surface area contributed by atoms with Crippen LogP contribution in [0, 0.1) is 11.6 Å². The molecule has 3 nitrogen and oxygen atoms in total. The summed E-state index contributed by atoms with van der Waals surface area (Å²) in [7, 11) is 0. The van der Waals surface area contributed by atoms with Crippen molar-refractivity contribution in [3.05, 3.63) is 41.6 Å². The zero-order valence-corrected chi connectivity index (χ0v) is 8.33. The lowest BCUT2D eigenvalue weighted by Crippen LogP contribution is -1.93. The molecule has 0 fully saturated rings. The summed E-state index contributed by atoms with van der Waals surface area (Å²) in [6, 6.07) is 3.25. The fourth-order valence-electron chi connectivity index (χ4n) is 1.34. The van der Waals surface area contributed by atoms with Gasteiger partial charge < -0.3 is 4.52 Å². The summed E-state index contributed by atoms with van der Waals surface area (Å²) in [5.41, 5.74) is 0.521. The Morgan fingerprint density at radius 1 is 1.31 bits per heavy atom. The molecule has 0 spiro atoms. The highest BCUT2D eigenvalue weighted by Gasteiger charge is 2.15. The molecule has 0 saturated heterocycles. The zero-order valence-electron chi connectivity index (χ0n) is 8.33. The minimum Gasteiger partial charge on any atom is -0.356 e. The van der Waals surface area contributed by atoms with Crippen LogP contribution in [0.1, 0.15) is 17.3 Å². The predicted octanol–water partition coefficient (Wildman–Crippen LogP) is 2.82. The van der Waals surface area contributed by atoms with Gasteiger partial charge in [0.2, 0.25) is 0 Å². The predicted molar refractivity (Wildman–Crippen MR) is 51.9 cm³/mol. The monoisotopic (exact) mass is 223 g/mol. The van der Waals surface area contributed by atoms with Gasteiger partial charge in [0, 0.05) is 5.56 Å². The van der Waals surface area contributed by atoms with Crippen LogP contribution in [0.4, 0.5) is 8.78 Å². The van der Waals surface area contributed by atoms with Crippen LogP contribution in [0.3, 0.4) is 0 Å². The highest BCUT2D eigenvalue weighted by atomic mass is 19.2. The smallest absolute Gasteiger partial charge is 0.177 e. The van der Waals surface area contributed by atoms with Crippen LogP contribution in [-0.4, -0.2) is 10.9 Å². The Balaban J connectivity index is 2.54. The van der Waals surface area contributed by atoms with Crippen LogP contribution in [-0.2, 0) is 0 Å². The summed E-state index contributed by atoms with van der Waals surface area (Å²) in [5, 5.41) is 3.46. The minimum atomic E-state index is -0.997. The minimum absolute atomic E-state index is 0.145. The van der Waals surface area contributed by atoms with Crippen molar-refractivity contribution in [3.63, 3.8) is 0 Å². The van der Waals surface area contributed by atoms with Crippen LogP contribution in [0.2, 0.25) is 0 Å². The number of nitrogens with zero attached hydrogens (tertiary/aromatic N) is 1. The number of halogens is 2. The molecule has 16 heavy (non-hydrogen) atoms. The van der Waals surface area contributed by atoms with E-state index in [1.165, 1.54) is 19.2 Å². The van der Waals surface area contributed by atoms with Crippen molar-refractivity contribution in [3.8, 4) is 11.3 Å². The topological polar surface area (TPSA) is 43.1 Å². The fraction of sp³-hybridized carbons (Fsp3) is 0.0909. The molecule has 1 aromatic carbocycles. The molecule has 0 atom stereocenters. The summed E-state index contributed by atoms with van der Waals surface area (Å²) in [6.45, 7) is 1.34. The third-order valence-electron chi connectivity index (χ3n) is 2.13. The number of carbonyl (C=O) groups excluding carboxylic acids is 1. The average molecular weight is 223 g/mol. The number of rotatable bonds is 2. The van der Waals surface area contributed by atoms with E-state index in [4.69, 9.17) is 4.52 Å². The molecule has 0 N–H and O–H groups in total. The second-order valence-electron chi connectivity index (χ2n) is 3.25. The molecule has 0 aliphatic rings. The second-order valence-corrected chi connectivity index (χ2v) is 3.25. The molecule has 0 unspecified atom stereocenters. The van der Waals surface area contributed by atoms with E-state index >= 15 is 0 Å². The highest BCUT2D eigenvalue weighted by molar-refractivity contribution is 5.99. The maximum absolute atomic E-state index is 13.0. The normalized spacial score (nSPS) is 10.4. The molecule has 0 amide bonds. The number of hydrogen-bond acceptors (Lipinski definition) is 3. The molecule has 2 rings (SSSR count). The average Bonchev–Trinajstić information content (AvgIpc) is 2.71. The molecular weight excluding hydrogens is 216 g/mol. The Bertz CT molecular complexity index is 549. The fourth-order valence-corrected chi connectivity index (χ4v) is 1.34. The first-order valence-electron chi connectivity index (χ1n) is 4.50. The van der Waals surface area contributed by atoms with Crippen LogP contribution in [0.5, 0.6) is 0 Å². The molecule has 0 saturated carbocycles. The lowest BCUT2D eigenvalue weighted by Gasteiger charge is -1.99. The van der Waals surface area contributed by atoms with Gasteiger partial charge in [0.1, 0.15) is 0 Å². The first-order chi connectivity index (χ1) is 7.59. The number of aromatic nitrogens is 1. The van der Waals surface area contributed by atoms with Crippen molar-refractivity contribution in [2.75, 3.05) is 0 Å². The standard InChI is InChI=1S/C11H7F2NO2/c1-6(15)8-5-14-16-11(8)7-2-3-9(12)10(13)4-7/h2-5H,1H3. The molecule has 5 heteroatoms. The Labute approximate surface area is 89.7 Å². The summed E-state index contributed by atoms with van der Waals surface area (Å²) in [4.78, 5) is 11.2. The van der Waals surface area contributed by atoms with E-state index in [1.807, 2.05) is 0 Å². The van der Waals surface area contributed by atoms with Gasteiger partial charge in [0.25, 0.3) is 0 Å². The van der Waals surface area contributed by atoms with Gasteiger partial charge >= 0.3 is 0 Å². The van der Waals surface area contributed by atoms with E-state index in [0.717, 1.165) is 12.1 Å². The molecular formula is C11H7F2NO2. The van der Waals surface area contributed by atoms with Gasteiger partial charge in [-0.2, -0.15) is 0 Å². The van der Waals surface area contributed by atoms with Crippen LogP contribution in [0.25, 0.3) is 11.3 Å². The van der Waals surface area contributed by atoms with Crippen molar-refractivity contribution in [2.45, 2.75) is 6.92 Å². The van der Waals surface area contributed by atoms with E-state index in [0.29, 0.717) is 0 Å². The van der Waals surface area contributed by atoms with Crippen LogP contribution < -0.4 is 0 Å².